The summed E-state index contributed by atoms with van der Waals surface area (Å²) in [5, 5.41) is 8.64. The van der Waals surface area contributed by atoms with Crippen molar-refractivity contribution in [2.45, 2.75) is 6.61 Å². The Bertz CT molecular complexity index is 647. The van der Waals surface area contributed by atoms with E-state index in [0.717, 1.165) is 0 Å². The minimum absolute atomic E-state index is 0.104. The Kier molecular flexibility index (Phi) is 3.89. The average Bonchev–Trinajstić information content (AvgIpc) is 2.45. The quantitative estimate of drug-likeness (QED) is 0.623. The van der Waals surface area contributed by atoms with Crippen molar-refractivity contribution in [1.29, 1.82) is 5.26 Å². The van der Waals surface area contributed by atoms with Crippen molar-refractivity contribution in [2.24, 2.45) is 0 Å². The molecule has 94 valence electrons. The summed E-state index contributed by atoms with van der Waals surface area (Å²) in [5.74, 6) is -0.628. The smallest absolute Gasteiger partial charge is 0.262 e. The summed E-state index contributed by atoms with van der Waals surface area (Å²) in [5.41, 5.74) is 0.903. The standard InChI is InChI=1S/C15H10FNO2/c16-12-5-3-6-13(8-12)19-10-11-4-1-2-7-14(11)15(18)9-17/h1-8H,10H2. The van der Waals surface area contributed by atoms with Gasteiger partial charge >= 0.3 is 0 Å². The minimum Gasteiger partial charge on any atom is -0.489 e. The lowest BCUT2D eigenvalue weighted by Gasteiger charge is -2.08. The van der Waals surface area contributed by atoms with Gasteiger partial charge in [0, 0.05) is 17.2 Å². The Morgan fingerprint density at radius 3 is 2.74 bits per heavy atom. The maximum absolute atomic E-state index is 13.0. The molecule has 0 aliphatic carbocycles. The molecule has 0 fully saturated rings. The lowest BCUT2D eigenvalue weighted by molar-refractivity contribution is 0.105. The molecule has 3 nitrogen and oxygen atoms in total. The highest BCUT2D eigenvalue weighted by molar-refractivity contribution is 6.08. The van der Waals surface area contributed by atoms with Crippen LogP contribution in [0.1, 0.15) is 15.9 Å². The molecular weight excluding hydrogens is 245 g/mol. The van der Waals surface area contributed by atoms with Crippen molar-refractivity contribution in [1.82, 2.24) is 0 Å². The molecule has 0 spiro atoms. The molecule has 2 rings (SSSR count). The molecule has 0 aliphatic heterocycles. The van der Waals surface area contributed by atoms with E-state index in [4.69, 9.17) is 10.00 Å². The normalized spacial score (nSPS) is 9.68. The molecule has 0 aromatic heterocycles. The van der Waals surface area contributed by atoms with Gasteiger partial charge < -0.3 is 4.74 Å². The number of Topliss-reactive ketones (excluding diaryl/α,β-unsaturated/α-hetero) is 1. The maximum Gasteiger partial charge on any atom is 0.262 e. The molecule has 19 heavy (non-hydrogen) atoms. The molecule has 0 radical (unpaired) electrons. The van der Waals surface area contributed by atoms with E-state index < -0.39 is 5.78 Å². The zero-order valence-electron chi connectivity index (χ0n) is 9.97. The van der Waals surface area contributed by atoms with Gasteiger partial charge in [0.2, 0.25) is 0 Å². The molecule has 0 atom stereocenters. The van der Waals surface area contributed by atoms with Crippen molar-refractivity contribution < 1.29 is 13.9 Å². The van der Waals surface area contributed by atoms with Gasteiger partial charge in [-0.05, 0) is 18.2 Å². The molecule has 0 saturated heterocycles. The predicted molar refractivity (Wildman–Crippen MR) is 67.1 cm³/mol. The van der Waals surface area contributed by atoms with Gasteiger partial charge in [0.05, 0.1) is 0 Å². The van der Waals surface area contributed by atoms with Crippen molar-refractivity contribution in [3.05, 3.63) is 65.5 Å². The Labute approximate surface area is 109 Å². The van der Waals surface area contributed by atoms with E-state index in [1.165, 1.54) is 18.2 Å². The largest absolute Gasteiger partial charge is 0.489 e. The molecule has 0 N–H and O–H groups in total. The summed E-state index contributed by atoms with van der Waals surface area (Å²) in [6.07, 6.45) is 0. The van der Waals surface area contributed by atoms with Crippen LogP contribution in [0.15, 0.2) is 48.5 Å². The van der Waals surface area contributed by atoms with Crippen LogP contribution >= 0.6 is 0 Å². The first-order valence-corrected chi connectivity index (χ1v) is 5.61. The fraction of sp³-hybridized carbons (Fsp3) is 0.0667. The van der Waals surface area contributed by atoms with Gasteiger partial charge in [-0.15, -0.1) is 0 Å². The highest BCUT2D eigenvalue weighted by atomic mass is 19.1. The van der Waals surface area contributed by atoms with Crippen LogP contribution < -0.4 is 4.74 Å². The topological polar surface area (TPSA) is 50.1 Å². The molecule has 0 saturated carbocycles. The summed E-state index contributed by atoms with van der Waals surface area (Å²) in [6, 6.07) is 14.0. The van der Waals surface area contributed by atoms with Crippen molar-refractivity contribution in [3.8, 4) is 11.8 Å². The van der Waals surface area contributed by atoms with Crippen LogP contribution in [0.5, 0.6) is 5.75 Å². The van der Waals surface area contributed by atoms with Crippen LogP contribution in [-0.2, 0) is 6.61 Å². The molecule has 0 heterocycles. The van der Waals surface area contributed by atoms with Crippen molar-refractivity contribution in [2.75, 3.05) is 0 Å². The van der Waals surface area contributed by atoms with E-state index in [9.17, 15) is 9.18 Å². The molecule has 0 unspecified atom stereocenters. The zero-order valence-corrected chi connectivity index (χ0v) is 9.97. The van der Waals surface area contributed by atoms with Gasteiger partial charge in [0.25, 0.3) is 5.78 Å². The van der Waals surface area contributed by atoms with Crippen LogP contribution in [0.3, 0.4) is 0 Å². The van der Waals surface area contributed by atoms with E-state index in [2.05, 4.69) is 0 Å². The van der Waals surface area contributed by atoms with Crippen LogP contribution in [0.2, 0.25) is 0 Å². The minimum atomic E-state index is -0.613. The number of nitrogens with zero attached hydrogens (tertiary/aromatic N) is 1. The fourth-order valence-corrected chi connectivity index (χ4v) is 1.65. The lowest BCUT2D eigenvalue weighted by Crippen LogP contribution is -2.04. The Balaban J connectivity index is 2.16. The molecule has 4 heteroatoms. The van der Waals surface area contributed by atoms with Gasteiger partial charge in [0.15, 0.2) is 0 Å². The summed E-state index contributed by atoms with van der Waals surface area (Å²) in [7, 11) is 0. The van der Waals surface area contributed by atoms with Crippen molar-refractivity contribution >= 4 is 5.78 Å². The highest BCUT2D eigenvalue weighted by Crippen LogP contribution is 2.16. The second kappa shape index (κ2) is 5.78. The highest BCUT2D eigenvalue weighted by Gasteiger charge is 2.10. The lowest BCUT2D eigenvalue weighted by atomic mass is 10.1. The van der Waals surface area contributed by atoms with Gasteiger partial charge in [-0.3, -0.25) is 4.79 Å². The first kappa shape index (κ1) is 12.8. The second-order valence-electron chi connectivity index (χ2n) is 3.84. The predicted octanol–water partition coefficient (Wildman–Crippen LogP) is 3.11. The van der Waals surface area contributed by atoms with E-state index >= 15 is 0 Å². The monoisotopic (exact) mass is 255 g/mol. The van der Waals surface area contributed by atoms with E-state index in [1.54, 1.807) is 36.4 Å². The molecule has 0 bridgehead atoms. The molecule has 2 aromatic carbocycles. The van der Waals surface area contributed by atoms with Crippen molar-refractivity contribution in [3.63, 3.8) is 0 Å². The first-order chi connectivity index (χ1) is 9.20. The number of nitriles is 1. The fourth-order valence-electron chi connectivity index (χ4n) is 1.65. The van der Waals surface area contributed by atoms with Crippen LogP contribution in [-0.4, -0.2) is 5.78 Å². The maximum atomic E-state index is 13.0. The molecule has 0 amide bonds. The molecule has 0 aliphatic rings. The number of carbonyl (C=O) groups excluding carboxylic acids is 1. The summed E-state index contributed by atoms with van der Waals surface area (Å²) in [4.78, 5) is 11.4. The van der Waals surface area contributed by atoms with Gasteiger partial charge in [-0.25, -0.2) is 4.39 Å². The summed E-state index contributed by atoms with van der Waals surface area (Å²) < 4.78 is 18.4. The van der Waals surface area contributed by atoms with E-state index in [1.807, 2.05) is 0 Å². The number of ether oxygens (including phenoxy) is 1. The number of rotatable bonds is 4. The zero-order chi connectivity index (χ0) is 13.7. The van der Waals surface area contributed by atoms with Crippen LogP contribution in [0.25, 0.3) is 0 Å². The van der Waals surface area contributed by atoms with Gasteiger partial charge in [-0.1, -0.05) is 24.3 Å². The Morgan fingerprint density at radius 2 is 2.00 bits per heavy atom. The average molecular weight is 255 g/mol. The molecule has 2 aromatic rings. The third kappa shape index (κ3) is 3.17. The first-order valence-electron chi connectivity index (χ1n) is 5.61. The number of benzene rings is 2. The number of halogens is 1. The summed E-state index contributed by atoms with van der Waals surface area (Å²) in [6.45, 7) is 0.104. The third-order valence-electron chi connectivity index (χ3n) is 2.55. The van der Waals surface area contributed by atoms with E-state index in [-0.39, 0.29) is 12.4 Å². The number of hydrogen-bond donors (Lipinski definition) is 0. The second-order valence-corrected chi connectivity index (χ2v) is 3.84. The van der Waals surface area contributed by atoms with Gasteiger partial charge in [-0.2, -0.15) is 5.26 Å². The summed E-state index contributed by atoms with van der Waals surface area (Å²) >= 11 is 0. The van der Waals surface area contributed by atoms with Gasteiger partial charge in [0.1, 0.15) is 24.2 Å². The van der Waals surface area contributed by atoms with Crippen LogP contribution in [0.4, 0.5) is 4.39 Å². The number of ketones is 1. The SMILES string of the molecule is N#CC(=O)c1ccccc1COc1cccc(F)c1. The van der Waals surface area contributed by atoms with Crippen LogP contribution in [0, 0.1) is 17.1 Å². The third-order valence-corrected chi connectivity index (χ3v) is 2.55. The number of carbonyl (C=O) groups is 1. The van der Waals surface area contributed by atoms with E-state index in [0.29, 0.717) is 16.9 Å². The molecular formula is C15H10FNO2. The Morgan fingerprint density at radius 1 is 1.21 bits per heavy atom. The number of hydrogen-bond acceptors (Lipinski definition) is 3. The Hall–Kier alpha value is -2.67.